The van der Waals surface area contributed by atoms with Gasteiger partial charge in [0.05, 0.1) is 24.3 Å². The molecule has 2 N–H and O–H groups in total. The van der Waals surface area contributed by atoms with E-state index in [2.05, 4.69) is 66.3 Å². The van der Waals surface area contributed by atoms with Crippen molar-refractivity contribution in [2.24, 2.45) is 0 Å². The quantitative estimate of drug-likeness (QED) is 0.617. The van der Waals surface area contributed by atoms with Gasteiger partial charge in [0, 0.05) is 24.9 Å². The van der Waals surface area contributed by atoms with Crippen molar-refractivity contribution in [3.63, 3.8) is 0 Å². The Hall–Kier alpha value is -2.90. The number of nitrogens with one attached hydrogen (secondary N) is 2. The van der Waals surface area contributed by atoms with E-state index in [1.165, 1.54) is 5.56 Å². The number of carbonyl (C=O) groups excluding carboxylic acids is 1. The van der Waals surface area contributed by atoms with Crippen molar-refractivity contribution >= 4 is 23.9 Å². The Morgan fingerprint density at radius 2 is 2.10 bits per heavy atom. The maximum absolute atomic E-state index is 12.9. The molecular weight excluding hydrogens is 390 g/mol. The predicted octanol–water partition coefficient (Wildman–Crippen LogP) is 0.879. The summed E-state index contributed by atoms with van der Waals surface area (Å²) in [6, 6.07) is 7.86. The van der Waals surface area contributed by atoms with Crippen LogP contribution in [0.4, 0.5) is 5.82 Å². The van der Waals surface area contributed by atoms with E-state index in [1.807, 2.05) is 17.8 Å². The van der Waals surface area contributed by atoms with Gasteiger partial charge in [-0.15, -0.1) is 5.10 Å². The number of nitrogens with zero attached hydrogens (tertiary/aromatic N) is 3. The molecule has 0 radical (unpaired) electrons. The summed E-state index contributed by atoms with van der Waals surface area (Å²) in [5, 5.41) is 13.0. The molecule has 3 rings (SSSR count). The van der Waals surface area contributed by atoms with Gasteiger partial charge >= 0.3 is 0 Å². The highest BCUT2D eigenvalue weighted by molar-refractivity contribution is 5.85. The molecule has 0 bridgehead atoms. The first-order valence-corrected chi connectivity index (χ1v) is 10.9. The van der Waals surface area contributed by atoms with E-state index in [0.717, 1.165) is 28.5 Å². The molecule has 1 unspecified atom stereocenters. The Labute approximate surface area is 184 Å². The van der Waals surface area contributed by atoms with Crippen LogP contribution in [0.5, 0.6) is 0 Å². The fourth-order valence-electron chi connectivity index (χ4n) is 3.70. The number of amides is 1. The third kappa shape index (κ3) is 5.24. The van der Waals surface area contributed by atoms with Gasteiger partial charge in [-0.25, -0.2) is 4.68 Å². The lowest BCUT2D eigenvalue weighted by Crippen LogP contribution is -2.56. The van der Waals surface area contributed by atoms with Crippen molar-refractivity contribution in [3.8, 4) is 5.69 Å². The second-order valence-corrected chi connectivity index (χ2v) is 7.56. The Kier molecular flexibility index (Phi) is 8.03. The van der Waals surface area contributed by atoms with Crippen LogP contribution in [0.2, 0.25) is 0 Å². The van der Waals surface area contributed by atoms with Crippen molar-refractivity contribution in [2.75, 3.05) is 44.8 Å². The Bertz CT molecular complexity index is 1010. The summed E-state index contributed by atoms with van der Waals surface area (Å²) in [4.78, 5) is 15.0. The van der Waals surface area contributed by atoms with Gasteiger partial charge in [0.2, 0.25) is 5.91 Å². The Morgan fingerprint density at radius 1 is 1.32 bits per heavy atom. The van der Waals surface area contributed by atoms with E-state index in [1.54, 1.807) is 6.08 Å². The zero-order valence-electron chi connectivity index (χ0n) is 18.7. The molecule has 166 valence electrons. The van der Waals surface area contributed by atoms with Crippen molar-refractivity contribution in [1.82, 2.24) is 20.4 Å². The monoisotopic (exact) mass is 423 g/mol. The smallest absolute Gasteiger partial charge is 0.245 e. The Morgan fingerprint density at radius 3 is 2.77 bits per heavy atom. The molecule has 1 aliphatic rings. The van der Waals surface area contributed by atoms with Crippen molar-refractivity contribution in [1.29, 1.82) is 0 Å². The van der Waals surface area contributed by atoms with Crippen molar-refractivity contribution < 1.29 is 9.53 Å². The molecule has 1 aromatic heterocycles. The van der Waals surface area contributed by atoms with E-state index in [9.17, 15) is 4.79 Å². The Balaban J connectivity index is 2.10. The fourth-order valence-corrected chi connectivity index (χ4v) is 3.70. The number of rotatable bonds is 8. The molecule has 1 aliphatic heterocycles. The van der Waals surface area contributed by atoms with Crippen molar-refractivity contribution in [3.05, 3.63) is 53.1 Å². The molecule has 0 aliphatic carbocycles. The first-order valence-electron chi connectivity index (χ1n) is 10.9. The van der Waals surface area contributed by atoms with Crippen LogP contribution in [0.25, 0.3) is 17.8 Å². The molecule has 1 amide bonds. The summed E-state index contributed by atoms with van der Waals surface area (Å²) < 4.78 is 7.61. The lowest BCUT2D eigenvalue weighted by Gasteiger charge is -2.34. The lowest BCUT2D eigenvalue weighted by atomic mass is 10.2. The fraction of sp³-hybridized carbons (Fsp3) is 0.417. The van der Waals surface area contributed by atoms with Crippen LogP contribution in [-0.2, 0) is 9.53 Å². The average molecular weight is 424 g/mol. The second kappa shape index (κ2) is 10.9. The van der Waals surface area contributed by atoms with Crippen LogP contribution in [0.1, 0.15) is 18.9 Å². The number of ether oxygens (including phenoxy) is 1. The number of benzene rings is 1. The maximum atomic E-state index is 12.9. The molecule has 0 spiro atoms. The standard InChI is InChI=1S/C24H33N5O2/c1-5-7-20-21(8-6-2)29(19-11-9-18(3)10-12-19)27-23(20)28-15-16-31-17-22(28)24(30)26-14-13-25-4/h5,7-12,22,25H,1,6,13-17H2,2-4H3,(H,26,30)/b20-7+,21-8+. The van der Waals surface area contributed by atoms with Crippen LogP contribution >= 0.6 is 0 Å². The van der Waals surface area contributed by atoms with Gasteiger partial charge in [-0.3, -0.25) is 4.79 Å². The van der Waals surface area contributed by atoms with Crippen LogP contribution in [-0.4, -0.2) is 61.6 Å². The summed E-state index contributed by atoms with van der Waals surface area (Å²) in [5.41, 5.74) is 2.18. The molecule has 7 nitrogen and oxygen atoms in total. The number of aromatic nitrogens is 2. The summed E-state index contributed by atoms with van der Waals surface area (Å²) in [5.74, 6) is 0.725. The van der Waals surface area contributed by atoms with Crippen LogP contribution in [0.3, 0.4) is 0 Å². The van der Waals surface area contributed by atoms with Crippen LogP contribution < -0.4 is 26.1 Å². The third-order valence-corrected chi connectivity index (χ3v) is 5.28. The third-order valence-electron chi connectivity index (χ3n) is 5.28. The molecule has 1 fully saturated rings. The van der Waals surface area contributed by atoms with Crippen molar-refractivity contribution in [2.45, 2.75) is 26.3 Å². The van der Waals surface area contributed by atoms with Gasteiger partial charge in [0.25, 0.3) is 0 Å². The van der Waals surface area contributed by atoms with E-state index in [-0.39, 0.29) is 5.91 Å². The number of hydrogen-bond acceptors (Lipinski definition) is 5. The van der Waals surface area contributed by atoms with Gasteiger partial charge in [0.1, 0.15) is 6.04 Å². The molecule has 1 atom stereocenters. The topological polar surface area (TPSA) is 71.4 Å². The second-order valence-electron chi connectivity index (χ2n) is 7.56. The number of aryl methyl sites for hydroxylation is 1. The molecule has 31 heavy (non-hydrogen) atoms. The van der Waals surface area contributed by atoms with Gasteiger partial charge in [-0.05, 0) is 38.6 Å². The molecule has 1 saturated heterocycles. The van der Waals surface area contributed by atoms with E-state index in [0.29, 0.717) is 32.8 Å². The maximum Gasteiger partial charge on any atom is 0.245 e. The number of likely N-dealkylation sites (N-methyl/N-ethyl adjacent to an activating group) is 1. The number of morpholine rings is 1. The highest BCUT2D eigenvalue weighted by Crippen LogP contribution is 2.15. The summed E-state index contributed by atoms with van der Waals surface area (Å²) in [6.07, 6.45) is 6.77. The minimum Gasteiger partial charge on any atom is -0.377 e. The zero-order valence-corrected chi connectivity index (χ0v) is 18.7. The molecule has 2 aromatic rings. The van der Waals surface area contributed by atoms with Gasteiger partial charge in [-0.2, -0.15) is 0 Å². The predicted molar refractivity (Wildman–Crippen MR) is 126 cm³/mol. The highest BCUT2D eigenvalue weighted by atomic mass is 16.5. The first-order chi connectivity index (χ1) is 15.1. The molecule has 1 aromatic carbocycles. The number of hydrogen-bond donors (Lipinski definition) is 2. The van der Waals surface area contributed by atoms with Gasteiger partial charge in [-0.1, -0.05) is 43.4 Å². The lowest BCUT2D eigenvalue weighted by molar-refractivity contribution is -0.124. The normalized spacial score (nSPS) is 17.8. The number of allylic oxidation sites excluding steroid dienone is 1. The number of anilines is 1. The van der Waals surface area contributed by atoms with Crippen LogP contribution in [0, 0.1) is 6.92 Å². The zero-order chi connectivity index (χ0) is 22.2. The summed E-state index contributed by atoms with van der Waals surface area (Å²) in [6.45, 7) is 10.8. The van der Waals surface area contributed by atoms with Gasteiger partial charge < -0.3 is 20.3 Å². The molecule has 2 heterocycles. The minimum absolute atomic E-state index is 0.0505. The molecule has 0 saturated carbocycles. The van der Waals surface area contributed by atoms with Crippen LogP contribution in [0.15, 0.2) is 36.9 Å². The van der Waals surface area contributed by atoms with E-state index >= 15 is 0 Å². The van der Waals surface area contributed by atoms with E-state index in [4.69, 9.17) is 9.84 Å². The average Bonchev–Trinajstić information content (AvgIpc) is 3.13. The van der Waals surface area contributed by atoms with Gasteiger partial charge in [0.15, 0.2) is 5.82 Å². The molecule has 7 heteroatoms. The largest absolute Gasteiger partial charge is 0.377 e. The minimum atomic E-state index is -0.432. The van der Waals surface area contributed by atoms with E-state index < -0.39 is 6.04 Å². The summed E-state index contributed by atoms with van der Waals surface area (Å²) >= 11 is 0. The first kappa shape index (κ1) is 22.8. The number of carbonyl (C=O) groups is 1. The molecular formula is C24H33N5O2. The SMILES string of the molecule is C=C/C=c1/c(N2CCOCC2C(=O)NCCNC)nn(-c2ccc(C)cc2)/c1=C/CC. The highest BCUT2D eigenvalue weighted by Gasteiger charge is 2.32. The summed E-state index contributed by atoms with van der Waals surface area (Å²) in [7, 11) is 1.86.